The van der Waals surface area contributed by atoms with Crippen LogP contribution in [-0.2, 0) is 16.4 Å². The highest BCUT2D eigenvalue weighted by Gasteiger charge is 2.10. The maximum atomic E-state index is 11.6. The third-order valence-electron chi connectivity index (χ3n) is 3.71. The summed E-state index contributed by atoms with van der Waals surface area (Å²) in [5.74, 6) is 0.466. The summed E-state index contributed by atoms with van der Waals surface area (Å²) in [6.45, 7) is 2.25. The largest absolute Gasteiger partial charge is 0.471 e. The minimum absolute atomic E-state index is 0.275. The molecule has 0 fully saturated rings. The van der Waals surface area contributed by atoms with Gasteiger partial charge in [0, 0.05) is 11.8 Å². The normalized spacial score (nSPS) is 11.3. The number of rotatable bonds is 5. The highest BCUT2D eigenvalue weighted by atomic mass is 32.2. The molecule has 0 aliphatic heterocycles. The van der Waals surface area contributed by atoms with Crippen molar-refractivity contribution in [3.63, 3.8) is 0 Å². The smallest absolute Gasteiger partial charge is 0.236 e. The van der Waals surface area contributed by atoms with Crippen molar-refractivity contribution in [2.24, 2.45) is 0 Å². The Morgan fingerprint density at radius 1 is 1.00 bits per heavy atom. The molecule has 0 spiro atoms. The topological polar surface area (TPSA) is 69.2 Å². The highest BCUT2D eigenvalue weighted by molar-refractivity contribution is 7.90. The lowest BCUT2D eigenvalue weighted by atomic mass is 10.1. The number of aromatic nitrogens is 2. The van der Waals surface area contributed by atoms with Crippen molar-refractivity contribution in [2.45, 2.75) is 18.4 Å². The zero-order chi connectivity index (χ0) is 17.9. The molecule has 3 rings (SSSR count). The van der Waals surface area contributed by atoms with Gasteiger partial charge in [-0.05, 0) is 24.6 Å². The third kappa shape index (κ3) is 4.22. The van der Waals surface area contributed by atoms with Crippen molar-refractivity contribution in [3.05, 3.63) is 72.1 Å². The lowest BCUT2D eigenvalue weighted by Gasteiger charge is -2.10. The summed E-state index contributed by atoms with van der Waals surface area (Å²) in [5.41, 5.74) is 3.16. The molecule has 3 aromatic rings. The second-order valence-corrected chi connectivity index (χ2v) is 7.73. The molecule has 0 N–H and O–H groups in total. The van der Waals surface area contributed by atoms with E-state index in [4.69, 9.17) is 4.74 Å². The average molecular weight is 354 g/mol. The molecule has 25 heavy (non-hydrogen) atoms. The first kappa shape index (κ1) is 17.1. The molecule has 0 unspecified atom stereocenters. The lowest BCUT2D eigenvalue weighted by molar-refractivity contribution is 0.290. The van der Waals surface area contributed by atoms with E-state index in [1.807, 2.05) is 37.3 Å². The standard InChI is InChI=1S/C19H18N2O3S/c1-14-19(24-13-15-6-4-3-5-7-15)21-18(12-20-14)16-8-10-17(11-9-16)25(2,22)23/h3-12H,13H2,1-2H3. The van der Waals surface area contributed by atoms with Crippen molar-refractivity contribution >= 4 is 9.84 Å². The van der Waals surface area contributed by atoms with Crippen molar-refractivity contribution in [1.29, 1.82) is 0 Å². The first-order valence-corrected chi connectivity index (χ1v) is 9.63. The Hall–Kier alpha value is -2.73. The van der Waals surface area contributed by atoms with Crippen LogP contribution in [0.15, 0.2) is 65.7 Å². The molecule has 0 saturated heterocycles. The monoisotopic (exact) mass is 354 g/mol. The molecule has 1 heterocycles. The molecular weight excluding hydrogens is 336 g/mol. The molecular formula is C19H18N2O3S. The molecule has 5 nitrogen and oxygen atoms in total. The van der Waals surface area contributed by atoms with Crippen molar-refractivity contribution in [1.82, 2.24) is 9.97 Å². The highest BCUT2D eigenvalue weighted by Crippen LogP contribution is 2.23. The van der Waals surface area contributed by atoms with Crippen LogP contribution in [-0.4, -0.2) is 24.6 Å². The van der Waals surface area contributed by atoms with Crippen LogP contribution < -0.4 is 4.74 Å². The van der Waals surface area contributed by atoms with E-state index in [-0.39, 0.29) is 4.90 Å². The summed E-state index contributed by atoms with van der Waals surface area (Å²) < 4.78 is 28.9. The lowest BCUT2D eigenvalue weighted by Crippen LogP contribution is -2.02. The van der Waals surface area contributed by atoms with Gasteiger partial charge in [0.25, 0.3) is 0 Å². The van der Waals surface area contributed by atoms with Gasteiger partial charge in [0.1, 0.15) is 6.61 Å². The van der Waals surface area contributed by atoms with E-state index in [1.54, 1.807) is 30.5 Å². The fourth-order valence-corrected chi connectivity index (χ4v) is 2.94. The Bertz CT molecular complexity index is 969. The minimum Gasteiger partial charge on any atom is -0.471 e. The number of aryl methyl sites for hydroxylation is 1. The van der Waals surface area contributed by atoms with Crippen molar-refractivity contribution < 1.29 is 13.2 Å². The van der Waals surface area contributed by atoms with Crippen LogP contribution in [0.25, 0.3) is 11.3 Å². The average Bonchev–Trinajstić information content (AvgIpc) is 2.61. The fourth-order valence-electron chi connectivity index (χ4n) is 2.31. The molecule has 0 radical (unpaired) electrons. The van der Waals surface area contributed by atoms with E-state index in [2.05, 4.69) is 9.97 Å². The van der Waals surface area contributed by atoms with E-state index < -0.39 is 9.84 Å². The van der Waals surface area contributed by atoms with Gasteiger partial charge in [-0.25, -0.2) is 13.4 Å². The van der Waals surface area contributed by atoms with Crippen molar-refractivity contribution in [2.75, 3.05) is 6.26 Å². The summed E-state index contributed by atoms with van der Waals surface area (Å²) in [7, 11) is -3.22. The van der Waals surface area contributed by atoms with Gasteiger partial charge in [-0.3, -0.25) is 4.98 Å². The summed E-state index contributed by atoms with van der Waals surface area (Å²) in [6.07, 6.45) is 2.84. The molecule has 2 aromatic carbocycles. The van der Waals surface area contributed by atoms with Gasteiger partial charge in [-0.15, -0.1) is 0 Å². The Morgan fingerprint density at radius 3 is 2.32 bits per heavy atom. The fraction of sp³-hybridized carbons (Fsp3) is 0.158. The quantitative estimate of drug-likeness (QED) is 0.702. The number of ether oxygens (including phenoxy) is 1. The molecule has 0 atom stereocenters. The summed E-state index contributed by atoms with van der Waals surface area (Å²) in [4.78, 5) is 9.12. The summed E-state index contributed by atoms with van der Waals surface area (Å²) in [6, 6.07) is 16.4. The van der Waals surface area contributed by atoms with E-state index in [0.29, 0.717) is 23.9 Å². The van der Waals surface area contributed by atoms with Gasteiger partial charge in [-0.1, -0.05) is 42.5 Å². The van der Waals surface area contributed by atoms with Crippen LogP contribution >= 0.6 is 0 Å². The SMILES string of the molecule is Cc1ncc(-c2ccc(S(C)(=O)=O)cc2)nc1OCc1ccccc1. The Balaban J connectivity index is 1.83. The van der Waals surface area contributed by atoms with Crippen LogP contribution in [0.1, 0.15) is 11.3 Å². The Kier molecular flexibility index (Phi) is 4.81. The van der Waals surface area contributed by atoms with Gasteiger partial charge in [0.2, 0.25) is 5.88 Å². The molecule has 0 aliphatic rings. The van der Waals surface area contributed by atoms with Gasteiger partial charge in [0.05, 0.1) is 22.5 Å². The van der Waals surface area contributed by atoms with E-state index in [1.165, 1.54) is 6.26 Å². The first-order valence-electron chi connectivity index (χ1n) is 7.74. The van der Waals surface area contributed by atoms with Gasteiger partial charge < -0.3 is 4.74 Å². The maximum Gasteiger partial charge on any atom is 0.236 e. The van der Waals surface area contributed by atoms with E-state index >= 15 is 0 Å². The molecule has 6 heteroatoms. The molecule has 0 bridgehead atoms. The number of benzene rings is 2. The molecule has 0 saturated carbocycles. The second-order valence-electron chi connectivity index (χ2n) is 5.72. The van der Waals surface area contributed by atoms with Crippen LogP contribution in [0.4, 0.5) is 0 Å². The van der Waals surface area contributed by atoms with Crippen LogP contribution in [0.2, 0.25) is 0 Å². The minimum atomic E-state index is -3.22. The predicted molar refractivity (Wildman–Crippen MR) is 96.1 cm³/mol. The van der Waals surface area contributed by atoms with Crippen LogP contribution in [0.3, 0.4) is 0 Å². The number of nitrogens with zero attached hydrogens (tertiary/aromatic N) is 2. The maximum absolute atomic E-state index is 11.6. The van der Waals surface area contributed by atoms with E-state index in [0.717, 1.165) is 11.1 Å². The zero-order valence-corrected chi connectivity index (χ0v) is 14.8. The molecule has 1 aromatic heterocycles. The molecule has 128 valence electrons. The van der Waals surface area contributed by atoms with E-state index in [9.17, 15) is 8.42 Å². The third-order valence-corrected chi connectivity index (χ3v) is 4.84. The second kappa shape index (κ2) is 7.03. The summed E-state index contributed by atoms with van der Waals surface area (Å²) in [5, 5.41) is 0. The Labute approximate surface area is 147 Å². The van der Waals surface area contributed by atoms with Crippen LogP contribution in [0.5, 0.6) is 5.88 Å². The predicted octanol–water partition coefficient (Wildman–Crippen LogP) is 3.43. The Morgan fingerprint density at radius 2 is 1.68 bits per heavy atom. The number of hydrogen-bond donors (Lipinski definition) is 0. The van der Waals surface area contributed by atoms with Gasteiger partial charge >= 0.3 is 0 Å². The van der Waals surface area contributed by atoms with Gasteiger partial charge in [0.15, 0.2) is 9.84 Å². The number of sulfone groups is 1. The summed E-state index contributed by atoms with van der Waals surface area (Å²) >= 11 is 0. The van der Waals surface area contributed by atoms with Crippen LogP contribution in [0, 0.1) is 6.92 Å². The van der Waals surface area contributed by atoms with Crippen molar-refractivity contribution in [3.8, 4) is 17.1 Å². The zero-order valence-electron chi connectivity index (χ0n) is 14.0. The number of hydrogen-bond acceptors (Lipinski definition) is 5. The first-order chi connectivity index (χ1) is 11.9. The molecule has 0 aliphatic carbocycles. The van der Waals surface area contributed by atoms with Gasteiger partial charge in [-0.2, -0.15) is 0 Å². The molecule has 0 amide bonds.